The van der Waals surface area contributed by atoms with Gasteiger partial charge in [-0.25, -0.2) is 0 Å². The van der Waals surface area contributed by atoms with Gasteiger partial charge in [-0.3, -0.25) is 0 Å². The van der Waals surface area contributed by atoms with Crippen LogP contribution in [0.1, 0.15) is 36.8 Å². The van der Waals surface area contributed by atoms with Gasteiger partial charge in [0.15, 0.2) is 0 Å². The van der Waals surface area contributed by atoms with Crippen LogP contribution in [0.5, 0.6) is 5.75 Å². The Morgan fingerprint density at radius 3 is 2.70 bits per heavy atom. The number of ether oxygens (including phenoxy) is 1. The summed E-state index contributed by atoms with van der Waals surface area (Å²) in [6.07, 6.45) is 7.50. The maximum absolute atomic E-state index is 6.15. The highest BCUT2D eigenvalue weighted by atomic mass is 16.5. The van der Waals surface area contributed by atoms with Gasteiger partial charge in [-0.1, -0.05) is 0 Å². The van der Waals surface area contributed by atoms with E-state index in [1.54, 1.807) is 0 Å². The van der Waals surface area contributed by atoms with Gasteiger partial charge < -0.3 is 15.4 Å². The van der Waals surface area contributed by atoms with Crippen molar-refractivity contribution in [2.75, 3.05) is 32.5 Å². The zero-order chi connectivity index (χ0) is 13.9. The van der Waals surface area contributed by atoms with Crippen molar-refractivity contribution >= 4 is 5.69 Å². The largest absolute Gasteiger partial charge is 0.491 e. The molecule has 3 rings (SSSR count). The van der Waals surface area contributed by atoms with E-state index < -0.39 is 0 Å². The number of anilines is 1. The summed E-state index contributed by atoms with van der Waals surface area (Å²) in [5, 5.41) is 0. The summed E-state index contributed by atoms with van der Waals surface area (Å²) in [6.45, 7) is 3.16. The smallest absolute Gasteiger partial charge is 0.142 e. The number of aryl methyl sites for hydroxylation is 2. The van der Waals surface area contributed by atoms with Gasteiger partial charge in [0.25, 0.3) is 0 Å². The van der Waals surface area contributed by atoms with E-state index in [-0.39, 0.29) is 0 Å². The molecule has 1 aromatic rings. The van der Waals surface area contributed by atoms with Gasteiger partial charge >= 0.3 is 0 Å². The maximum Gasteiger partial charge on any atom is 0.142 e. The maximum atomic E-state index is 6.15. The Morgan fingerprint density at radius 1 is 1.20 bits per heavy atom. The number of rotatable bonds is 3. The molecule has 0 radical (unpaired) electrons. The molecule has 1 heterocycles. The molecule has 3 nitrogen and oxygen atoms in total. The average Bonchev–Trinajstić information content (AvgIpc) is 2.45. The number of nitrogen functional groups attached to an aromatic ring is 1. The quantitative estimate of drug-likeness (QED) is 0.861. The summed E-state index contributed by atoms with van der Waals surface area (Å²) in [5.74, 6) is 1.54. The zero-order valence-corrected chi connectivity index (χ0v) is 12.5. The minimum Gasteiger partial charge on any atom is -0.491 e. The standard InChI is InChI=1S/C17H26N2O/c1-19-8-4-5-13(11-19)12-20-17-10-15-7-3-2-6-14(15)9-16(17)18/h9-10,13H,2-8,11-12,18H2,1H3. The molecule has 1 saturated heterocycles. The first-order valence-corrected chi connectivity index (χ1v) is 7.95. The lowest BCUT2D eigenvalue weighted by Gasteiger charge is -2.29. The first-order chi connectivity index (χ1) is 9.72. The van der Waals surface area contributed by atoms with E-state index in [4.69, 9.17) is 10.5 Å². The minimum atomic E-state index is 0.643. The number of hydrogen-bond acceptors (Lipinski definition) is 3. The van der Waals surface area contributed by atoms with Crippen LogP contribution in [-0.4, -0.2) is 31.6 Å². The fourth-order valence-corrected chi connectivity index (χ4v) is 3.52. The van der Waals surface area contributed by atoms with Crippen LogP contribution in [-0.2, 0) is 12.8 Å². The number of nitrogens with zero attached hydrogens (tertiary/aromatic N) is 1. The molecule has 1 aromatic carbocycles. The molecule has 2 N–H and O–H groups in total. The van der Waals surface area contributed by atoms with Crippen LogP contribution in [0.15, 0.2) is 12.1 Å². The Bertz CT molecular complexity index is 472. The van der Waals surface area contributed by atoms with Gasteiger partial charge in [0.2, 0.25) is 0 Å². The summed E-state index contributed by atoms with van der Waals surface area (Å²) in [5.41, 5.74) is 9.84. The van der Waals surface area contributed by atoms with Crippen LogP contribution in [0.2, 0.25) is 0 Å². The van der Waals surface area contributed by atoms with Crippen LogP contribution in [0, 0.1) is 5.92 Å². The van der Waals surface area contributed by atoms with E-state index >= 15 is 0 Å². The Balaban J connectivity index is 1.65. The van der Waals surface area contributed by atoms with Crippen LogP contribution in [0.25, 0.3) is 0 Å². The minimum absolute atomic E-state index is 0.643. The molecular weight excluding hydrogens is 248 g/mol. The first kappa shape index (κ1) is 13.7. The van der Waals surface area contributed by atoms with Crippen molar-refractivity contribution in [3.8, 4) is 5.75 Å². The van der Waals surface area contributed by atoms with Crippen molar-refractivity contribution in [3.05, 3.63) is 23.3 Å². The van der Waals surface area contributed by atoms with E-state index in [0.717, 1.165) is 24.6 Å². The van der Waals surface area contributed by atoms with Gasteiger partial charge in [-0.2, -0.15) is 0 Å². The van der Waals surface area contributed by atoms with Crippen molar-refractivity contribution in [2.45, 2.75) is 38.5 Å². The molecule has 1 atom stereocenters. The van der Waals surface area contributed by atoms with Gasteiger partial charge in [0.05, 0.1) is 12.3 Å². The summed E-state index contributed by atoms with van der Waals surface area (Å²) in [4.78, 5) is 2.40. The lowest BCUT2D eigenvalue weighted by atomic mass is 9.91. The van der Waals surface area contributed by atoms with Gasteiger partial charge in [-0.15, -0.1) is 0 Å². The second-order valence-corrected chi connectivity index (χ2v) is 6.45. The molecule has 110 valence electrons. The number of piperidine rings is 1. The molecule has 20 heavy (non-hydrogen) atoms. The molecule has 1 aliphatic carbocycles. The highest BCUT2D eigenvalue weighted by molar-refractivity contribution is 5.57. The van der Waals surface area contributed by atoms with Crippen molar-refractivity contribution in [2.24, 2.45) is 5.92 Å². The van der Waals surface area contributed by atoms with E-state index in [0.29, 0.717) is 5.92 Å². The second-order valence-electron chi connectivity index (χ2n) is 6.45. The topological polar surface area (TPSA) is 38.5 Å². The number of fused-ring (bicyclic) bond motifs is 1. The highest BCUT2D eigenvalue weighted by Crippen LogP contribution is 2.31. The third-order valence-corrected chi connectivity index (χ3v) is 4.67. The molecule has 1 unspecified atom stereocenters. The number of benzene rings is 1. The summed E-state index contributed by atoms with van der Waals surface area (Å²) < 4.78 is 6.04. The number of likely N-dealkylation sites (tertiary alicyclic amines) is 1. The van der Waals surface area contributed by atoms with Crippen molar-refractivity contribution in [1.82, 2.24) is 4.90 Å². The van der Waals surface area contributed by atoms with Crippen molar-refractivity contribution in [1.29, 1.82) is 0 Å². The molecule has 0 saturated carbocycles. The molecule has 3 heteroatoms. The Kier molecular flexibility index (Phi) is 4.16. The SMILES string of the molecule is CN1CCCC(COc2cc3c(cc2N)CCCC3)C1. The molecule has 0 spiro atoms. The lowest BCUT2D eigenvalue weighted by molar-refractivity contribution is 0.151. The molecule has 0 bridgehead atoms. The van der Waals surface area contributed by atoms with E-state index in [1.165, 1.54) is 56.2 Å². The predicted octanol–water partition coefficient (Wildman–Crippen LogP) is 2.87. The number of hydrogen-bond donors (Lipinski definition) is 1. The normalized spacial score (nSPS) is 23.4. The van der Waals surface area contributed by atoms with E-state index in [2.05, 4.69) is 24.1 Å². The lowest BCUT2D eigenvalue weighted by Crippen LogP contribution is -2.34. The molecule has 1 aliphatic heterocycles. The first-order valence-electron chi connectivity index (χ1n) is 7.95. The van der Waals surface area contributed by atoms with Crippen LogP contribution < -0.4 is 10.5 Å². The van der Waals surface area contributed by atoms with E-state index in [9.17, 15) is 0 Å². The molecule has 0 aromatic heterocycles. The molecule has 2 aliphatic rings. The molecular formula is C17H26N2O. The average molecular weight is 274 g/mol. The Hall–Kier alpha value is -1.22. The summed E-state index contributed by atoms with van der Waals surface area (Å²) >= 11 is 0. The predicted molar refractivity (Wildman–Crippen MR) is 83.2 cm³/mol. The third-order valence-electron chi connectivity index (χ3n) is 4.67. The fourth-order valence-electron chi connectivity index (χ4n) is 3.52. The number of nitrogens with two attached hydrogens (primary N) is 1. The summed E-state index contributed by atoms with van der Waals surface area (Å²) in [6, 6.07) is 4.33. The molecule has 0 amide bonds. The van der Waals surface area contributed by atoms with Gasteiger partial charge in [0.1, 0.15) is 5.75 Å². The van der Waals surface area contributed by atoms with Crippen LogP contribution in [0.4, 0.5) is 5.69 Å². The van der Waals surface area contributed by atoms with Gasteiger partial charge in [0, 0.05) is 12.5 Å². The van der Waals surface area contributed by atoms with Gasteiger partial charge in [-0.05, 0) is 75.4 Å². The summed E-state index contributed by atoms with van der Waals surface area (Å²) in [7, 11) is 2.19. The van der Waals surface area contributed by atoms with E-state index in [1.807, 2.05) is 0 Å². The second kappa shape index (κ2) is 6.04. The monoisotopic (exact) mass is 274 g/mol. The Morgan fingerprint density at radius 2 is 1.95 bits per heavy atom. The molecule has 1 fully saturated rings. The third kappa shape index (κ3) is 3.09. The van der Waals surface area contributed by atoms with Crippen LogP contribution >= 0.6 is 0 Å². The van der Waals surface area contributed by atoms with Crippen molar-refractivity contribution < 1.29 is 4.74 Å². The zero-order valence-electron chi connectivity index (χ0n) is 12.5. The Labute approximate surface area is 122 Å². The fraction of sp³-hybridized carbons (Fsp3) is 0.647. The van der Waals surface area contributed by atoms with Crippen molar-refractivity contribution in [3.63, 3.8) is 0 Å². The van der Waals surface area contributed by atoms with Crippen LogP contribution in [0.3, 0.4) is 0 Å². The highest BCUT2D eigenvalue weighted by Gasteiger charge is 2.19.